The van der Waals surface area contributed by atoms with Crippen molar-refractivity contribution in [2.75, 3.05) is 20.1 Å². The van der Waals surface area contributed by atoms with Gasteiger partial charge >= 0.3 is 0 Å². The minimum atomic E-state index is 0.903. The molecule has 0 saturated carbocycles. The van der Waals surface area contributed by atoms with E-state index in [9.17, 15) is 0 Å². The molecule has 0 atom stereocenters. The van der Waals surface area contributed by atoms with Crippen molar-refractivity contribution in [2.24, 2.45) is 0 Å². The molecule has 0 aliphatic heterocycles. The minimum Gasteiger partial charge on any atom is -0.230 e. The van der Waals surface area contributed by atoms with Gasteiger partial charge in [0.05, 0.1) is 0 Å². The summed E-state index contributed by atoms with van der Waals surface area (Å²) < 4.78 is 0. The SMILES string of the molecule is CCCCN(C)[N]CC. The predicted octanol–water partition coefficient (Wildman–Crippen LogP) is 1.26. The van der Waals surface area contributed by atoms with E-state index in [-0.39, 0.29) is 0 Å². The summed E-state index contributed by atoms with van der Waals surface area (Å²) in [6.45, 7) is 6.26. The van der Waals surface area contributed by atoms with E-state index >= 15 is 0 Å². The second-order valence-electron chi connectivity index (χ2n) is 2.19. The molecule has 0 heterocycles. The van der Waals surface area contributed by atoms with Gasteiger partial charge in [0.25, 0.3) is 0 Å². The van der Waals surface area contributed by atoms with Crippen LogP contribution < -0.4 is 5.43 Å². The van der Waals surface area contributed by atoms with Crippen LogP contribution in [0, 0.1) is 0 Å². The summed E-state index contributed by atoms with van der Waals surface area (Å²) in [6, 6.07) is 0. The Bertz CT molecular complexity index is 54.9. The molecule has 55 valence electrons. The van der Waals surface area contributed by atoms with Gasteiger partial charge in [0.1, 0.15) is 0 Å². The zero-order valence-corrected chi connectivity index (χ0v) is 6.72. The van der Waals surface area contributed by atoms with Crippen molar-refractivity contribution in [1.29, 1.82) is 0 Å². The molecular formula is C7H17N2. The lowest BCUT2D eigenvalue weighted by molar-refractivity contribution is 0.229. The second kappa shape index (κ2) is 6.05. The number of rotatable bonds is 5. The van der Waals surface area contributed by atoms with Crippen molar-refractivity contribution in [3.8, 4) is 0 Å². The van der Waals surface area contributed by atoms with E-state index in [0.29, 0.717) is 0 Å². The normalized spacial score (nSPS) is 10.7. The van der Waals surface area contributed by atoms with Crippen LogP contribution in [0.15, 0.2) is 0 Å². The Morgan fingerprint density at radius 3 is 2.44 bits per heavy atom. The Hall–Kier alpha value is -0.0800. The van der Waals surface area contributed by atoms with E-state index in [1.807, 2.05) is 12.1 Å². The molecule has 0 aromatic heterocycles. The second-order valence-corrected chi connectivity index (χ2v) is 2.19. The predicted molar refractivity (Wildman–Crippen MR) is 40.2 cm³/mol. The molecule has 0 fully saturated rings. The molecule has 0 bridgehead atoms. The molecule has 9 heavy (non-hydrogen) atoms. The summed E-state index contributed by atoms with van der Waals surface area (Å²) in [5.41, 5.74) is 4.20. The summed E-state index contributed by atoms with van der Waals surface area (Å²) in [6.07, 6.45) is 2.50. The zero-order valence-electron chi connectivity index (χ0n) is 6.72. The van der Waals surface area contributed by atoms with E-state index < -0.39 is 0 Å². The Morgan fingerprint density at radius 2 is 2.00 bits per heavy atom. The lowest BCUT2D eigenvalue weighted by Crippen LogP contribution is -2.28. The third kappa shape index (κ3) is 5.80. The number of unbranched alkanes of at least 4 members (excludes halogenated alkanes) is 1. The van der Waals surface area contributed by atoms with Gasteiger partial charge in [0.15, 0.2) is 0 Å². The van der Waals surface area contributed by atoms with Crippen LogP contribution in [-0.2, 0) is 0 Å². The maximum absolute atomic E-state index is 4.20. The van der Waals surface area contributed by atoms with E-state index in [2.05, 4.69) is 19.3 Å². The first-order chi connectivity index (χ1) is 4.31. The highest BCUT2D eigenvalue weighted by Crippen LogP contribution is 1.87. The lowest BCUT2D eigenvalue weighted by Gasteiger charge is -2.12. The molecule has 0 aromatic carbocycles. The molecule has 0 unspecified atom stereocenters. The molecular weight excluding hydrogens is 112 g/mol. The number of hydrogen-bond donors (Lipinski definition) is 0. The van der Waals surface area contributed by atoms with Crippen molar-refractivity contribution in [2.45, 2.75) is 26.7 Å². The van der Waals surface area contributed by atoms with Gasteiger partial charge < -0.3 is 0 Å². The van der Waals surface area contributed by atoms with Crippen LogP contribution >= 0.6 is 0 Å². The van der Waals surface area contributed by atoms with Gasteiger partial charge in [-0.2, -0.15) is 5.43 Å². The monoisotopic (exact) mass is 129 g/mol. The summed E-state index contributed by atoms with van der Waals surface area (Å²) in [4.78, 5) is 0. The molecule has 0 aliphatic carbocycles. The van der Waals surface area contributed by atoms with E-state index in [0.717, 1.165) is 13.1 Å². The van der Waals surface area contributed by atoms with Crippen LogP contribution in [0.5, 0.6) is 0 Å². The Labute approximate surface area is 58.2 Å². The molecule has 0 aliphatic rings. The first-order valence-electron chi connectivity index (χ1n) is 3.69. The lowest BCUT2D eigenvalue weighted by atomic mass is 10.3. The highest BCUT2D eigenvalue weighted by molar-refractivity contribution is 4.41. The van der Waals surface area contributed by atoms with Crippen LogP contribution in [0.3, 0.4) is 0 Å². The van der Waals surface area contributed by atoms with Crippen molar-refractivity contribution < 1.29 is 0 Å². The van der Waals surface area contributed by atoms with E-state index in [1.54, 1.807) is 0 Å². The van der Waals surface area contributed by atoms with E-state index in [1.165, 1.54) is 12.8 Å². The molecule has 2 heteroatoms. The van der Waals surface area contributed by atoms with Crippen molar-refractivity contribution >= 4 is 0 Å². The maximum Gasteiger partial charge on any atom is 0.0278 e. The van der Waals surface area contributed by atoms with Gasteiger partial charge in [-0.3, -0.25) is 0 Å². The first-order valence-corrected chi connectivity index (χ1v) is 3.69. The number of nitrogens with zero attached hydrogens (tertiary/aromatic N) is 2. The summed E-state index contributed by atoms with van der Waals surface area (Å²) >= 11 is 0. The smallest absolute Gasteiger partial charge is 0.0278 e. The highest BCUT2D eigenvalue weighted by atomic mass is 15.5. The highest BCUT2D eigenvalue weighted by Gasteiger charge is 1.92. The third-order valence-electron chi connectivity index (χ3n) is 1.22. The topological polar surface area (TPSA) is 17.3 Å². The Kier molecular flexibility index (Phi) is 5.99. The number of hydrogen-bond acceptors (Lipinski definition) is 1. The standard InChI is InChI=1S/C7H17N2/c1-4-6-7-9(3)8-5-2/h4-7H2,1-3H3. The van der Waals surface area contributed by atoms with Crippen molar-refractivity contribution in [3.05, 3.63) is 0 Å². The van der Waals surface area contributed by atoms with Crippen LogP contribution in [0.2, 0.25) is 0 Å². The Morgan fingerprint density at radius 1 is 1.33 bits per heavy atom. The molecule has 0 saturated heterocycles. The molecule has 1 radical (unpaired) electrons. The van der Waals surface area contributed by atoms with E-state index in [4.69, 9.17) is 0 Å². The van der Waals surface area contributed by atoms with Gasteiger partial charge in [-0.05, 0) is 13.3 Å². The average Bonchev–Trinajstić information content (AvgIpc) is 1.85. The van der Waals surface area contributed by atoms with Crippen LogP contribution in [0.25, 0.3) is 0 Å². The summed E-state index contributed by atoms with van der Waals surface area (Å²) in [7, 11) is 2.03. The van der Waals surface area contributed by atoms with Gasteiger partial charge in [-0.1, -0.05) is 13.3 Å². The maximum atomic E-state index is 4.20. The fraction of sp³-hybridized carbons (Fsp3) is 1.00. The van der Waals surface area contributed by atoms with Crippen molar-refractivity contribution in [3.63, 3.8) is 0 Å². The van der Waals surface area contributed by atoms with Crippen LogP contribution in [0.1, 0.15) is 26.7 Å². The zero-order chi connectivity index (χ0) is 7.11. The third-order valence-corrected chi connectivity index (χ3v) is 1.22. The Balaban J connectivity index is 2.95. The van der Waals surface area contributed by atoms with Crippen LogP contribution in [-0.4, -0.2) is 25.1 Å². The van der Waals surface area contributed by atoms with Crippen LogP contribution in [0.4, 0.5) is 0 Å². The fourth-order valence-corrected chi connectivity index (χ4v) is 0.699. The minimum absolute atomic E-state index is 0.903. The summed E-state index contributed by atoms with van der Waals surface area (Å²) in [5, 5.41) is 2.02. The van der Waals surface area contributed by atoms with Gasteiger partial charge in [-0.15, -0.1) is 0 Å². The first kappa shape index (κ1) is 8.92. The largest absolute Gasteiger partial charge is 0.230 e. The van der Waals surface area contributed by atoms with Crippen molar-refractivity contribution in [1.82, 2.24) is 10.4 Å². The van der Waals surface area contributed by atoms with Gasteiger partial charge in [0, 0.05) is 20.1 Å². The molecule has 2 nitrogen and oxygen atoms in total. The summed E-state index contributed by atoms with van der Waals surface area (Å²) in [5.74, 6) is 0. The molecule has 0 spiro atoms. The molecule has 0 amide bonds. The molecule has 0 aromatic rings. The van der Waals surface area contributed by atoms with Gasteiger partial charge in [0.2, 0.25) is 0 Å². The molecule has 0 N–H and O–H groups in total. The quantitative estimate of drug-likeness (QED) is 0.511. The van der Waals surface area contributed by atoms with Gasteiger partial charge in [-0.25, -0.2) is 5.01 Å². The average molecular weight is 129 g/mol. The fourth-order valence-electron chi connectivity index (χ4n) is 0.699. The molecule has 0 rings (SSSR count).